The minimum absolute atomic E-state index is 0.396. The van der Waals surface area contributed by atoms with E-state index >= 15 is 0 Å². The zero-order chi connectivity index (χ0) is 42.7. The third kappa shape index (κ3) is 34.6. The first-order chi connectivity index (χ1) is 26.0. The van der Waals surface area contributed by atoms with E-state index in [9.17, 15) is 0 Å². The van der Waals surface area contributed by atoms with Gasteiger partial charge in [0.2, 0.25) is 0 Å². The lowest BCUT2D eigenvalue weighted by atomic mass is 10.1. The van der Waals surface area contributed by atoms with Crippen molar-refractivity contribution in [1.82, 2.24) is 44.9 Å². The van der Waals surface area contributed by atoms with Crippen LogP contribution in [0.15, 0.2) is 91.4 Å². The number of hydrogen-bond donors (Lipinski definition) is 0. The van der Waals surface area contributed by atoms with Gasteiger partial charge in [-0.25, -0.2) is 44.9 Å². The molecule has 0 fully saturated rings. The predicted molar refractivity (Wildman–Crippen MR) is 232 cm³/mol. The Labute approximate surface area is 332 Å². The Morgan fingerprint density at radius 2 is 0.852 bits per heavy atom. The predicted octanol–water partition coefficient (Wildman–Crippen LogP) is 13.3. The van der Waals surface area contributed by atoms with Gasteiger partial charge >= 0.3 is 0 Å². The van der Waals surface area contributed by atoms with Gasteiger partial charge in [0.15, 0.2) is 0 Å². The second-order valence-corrected chi connectivity index (χ2v) is 11.2. The average molecular weight is 750 g/mol. The molecule has 0 aromatic carbocycles. The van der Waals surface area contributed by atoms with E-state index in [1.54, 1.807) is 43.8 Å². The van der Waals surface area contributed by atoms with E-state index in [0.717, 1.165) is 17.3 Å². The van der Waals surface area contributed by atoms with Crippen LogP contribution in [-0.2, 0) is 0 Å². The maximum Gasteiger partial charge on any atom is 0.134 e. The molecule has 306 valence electrons. The highest BCUT2D eigenvalue weighted by atomic mass is 16.3. The molecule has 5 aromatic heterocycles. The van der Waals surface area contributed by atoms with Gasteiger partial charge in [0.1, 0.15) is 37.0 Å². The summed E-state index contributed by atoms with van der Waals surface area (Å²) in [5.41, 5.74) is 3.56. The summed E-state index contributed by atoms with van der Waals surface area (Å²) in [6.07, 6.45) is 18.6. The van der Waals surface area contributed by atoms with E-state index in [1.165, 1.54) is 23.8 Å². The normalized spacial score (nSPS) is 8.83. The summed E-state index contributed by atoms with van der Waals surface area (Å²) >= 11 is 0. The van der Waals surface area contributed by atoms with Crippen LogP contribution in [0, 0.1) is 0 Å². The highest BCUT2D eigenvalue weighted by Crippen LogP contribution is 2.13. The summed E-state index contributed by atoms with van der Waals surface area (Å²) in [7, 11) is 0. The van der Waals surface area contributed by atoms with Gasteiger partial charge in [-0.15, -0.1) is 0 Å². The Kier molecular flexibility index (Phi) is 48.7. The van der Waals surface area contributed by atoms with Crippen molar-refractivity contribution in [3.05, 3.63) is 115 Å². The molecule has 10 nitrogen and oxygen atoms in total. The van der Waals surface area contributed by atoms with Crippen LogP contribution in [0.1, 0.15) is 197 Å². The fraction of sp³-hybridized carbons (Fsp3) is 0.568. The van der Waals surface area contributed by atoms with E-state index in [0.29, 0.717) is 29.6 Å². The lowest BCUT2D eigenvalue weighted by Crippen LogP contribution is -1.95. The number of hydrogen-bond acceptors (Lipinski definition) is 10. The molecule has 0 radical (unpaired) electrons. The minimum atomic E-state index is 0.396. The molecular formula is C44H79N9O. The summed E-state index contributed by atoms with van der Waals surface area (Å²) in [4.78, 5) is 35.4. The van der Waals surface area contributed by atoms with Gasteiger partial charge in [-0.3, -0.25) is 0 Å². The maximum atomic E-state index is 4.88. The van der Waals surface area contributed by atoms with Crippen LogP contribution in [-0.4, -0.2) is 44.9 Å². The van der Waals surface area contributed by atoms with Crippen LogP contribution in [0.4, 0.5) is 0 Å². The van der Waals surface area contributed by atoms with Crippen molar-refractivity contribution in [3.63, 3.8) is 0 Å². The standard InChI is InChI=1S/3C7H10N2.C7H10O.C6H9N3.5C2H6/c1-6(2)7-3-8-5-9-4-7;1-6(2)7-3-4-8-5-9-7;1-6(2)7-8-4-3-5-9-7;1-6(2)7-3-4-8-5-7;1-5(2)6-8-3-7-4-9-6;5*1-2/h3*3-6H,1-2H3;3-6H,1-2H3;3-5H,1-2H3;5*1-2H3. The Hall–Kier alpha value is -4.47. The molecule has 0 aliphatic rings. The van der Waals surface area contributed by atoms with E-state index in [4.69, 9.17) is 4.42 Å². The molecule has 0 bridgehead atoms. The van der Waals surface area contributed by atoms with Gasteiger partial charge in [-0.05, 0) is 47.1 Å². The lowest BCUT2D eigenvalue weighted by Gasteiger charge is -1.99. The Balaban J connectivity index is -0.000000175. The Morgan fingerprint density at radius 3 is 1.11 bits per heavy atom. The SMILES string of the molecule is CC.CC.CC.CC.CC.CC(C)c1ccncn1.CC(C)c1ccoc1.CC(C)c1cncnc1.CC(C)c1ncccn1.CC(C)c1ncncn1. The first-order valence-electron chi connectivity index (χ1n) is 19.9. The average Bonchev–Trinajstić information content (AvgIpc) is 3.80. The fourth-order valence-electron chi connectivity index (χ4n) is 3.01. The van der Waals surface area contributed by atoms with Crippen molar-refractivity contribution in [2.45, 2.75) is 168 Å². The van der Waals surface area contributed by atoms with Gasteiger partial charge in [0.05, 0.1) is 12.5 Å². The number of furan rings is 1. The van der Waals surface area contributed by atoms with Gasteiger partial charge in [0, 0.05) is 48.5 Å². The van der Waals surface area contributed by atoms with Gasteiger partial charge in [-0.1, -0.05) is 138 Å². The Morgan fingerprint density at radius 1 is 0.407 bits per heavy atom. The minimum Gasteiger partial charge on any atom is -0.472 e. The van der Waals surface area contributed by atoms with Crippen LogP contribution < -0.4 is 0 Å². The van der Waals surface area contributed by atoms with E-state index in [2.05, 4.69) is 114 Å². The topological polar surface area (TPSA) is 129 Å². The van der Waals surface area contributed by atoms with Crippen LogP contribution in [0.25, 0.3) is 0 Å². The second-order valence-electron chi connectivity index (χ2n) is 11.2. The monoisotopic (exact) mass is 750 g/mol. The molecule has 0 aliphatic heterocycles. The summed E-state index contributed by atoms with van der Waals surface area (Å²) in [5.74, 6) is 4.23. The molecule has 0 aliphatic carbocycles. The molecule has 0 unspecified atom stereocenters. The maximum absolute atomic E-state index is 4.88. The van der Waals surface area contributed by atoms with Crippen molar-refractivity contribution in [1.29, 1.82) is 0 Å². The van der Waals surface area contributed by atoms with Gasteiger partial charge in [-0.2, -0.15) is 0 Å². The molecule has 0 spiro atoms. The second kappa shape index (κ2) is 44.7. The van der Waals surface area contributed by atoms with Gasteiger partial charge < -0.3 is 4.42 Å². The first-order valence-corrected chi connectivity index (χ1v) is 19.9. The molecule has 5 rings (SSSR count). The third-order valence-corrected chi connectivity index (χ3v) is 5.79. The third-order valence-electron chi connectivity index (χ3n) is 5.79. The molecular weight excluding hydrogens is 671 g/mol. The van der Waals surface area contributed by atoms with Crippen LogP contribution in [0.5, 0.6) is 0 Å². The summed E-state index contributed by atoms with van der Waals surface area (Å²) in [6.45, 7) is 41.0. The molecule has 0 atom stereocenters. The van der Waals surface area contributed by atoms with E-state index in [1.807, 2.05) is 99.8 Å². The van der Waals surface area contributed by atoms with Crippen LogP contribution >= 0.6 is 0 Å². The number of aromatic nitrogens is 9. The zero-order valence-electron chi connectivity index (χ0n) is 37.9. The summed E-state index contributed by atoms with van der Waals surface area (Å²) in [6, 6.07) is 5.75. The number of nitrogens with zero attached hydrogens (tertiary/aromatic N) is 9. The quantitative estimate of drug-likeness (QED) is 0.171. The summed E-state index contributed by atoms with van der Waals surface area (Å²) in [5, 5.41) is 0. The van der Waals surface area contributed by atoms with Gasteiger partial charge in [0.25, 0.3) is 0 Å². The number of rotatable bonds is 5. The van der Waals surface area contributed by atoms with E-state index in [-0.39, 0.29) is 0 Å². The van der Waals surface area contributed by atoms with Crippen molar-refractivity contribution in [2.75, 3.05) is 0 Å². The molecule has 0 saturated carbocycles. The Bertz CT molecular complexity index is 1150. The van der Waals surface area contributed by atoms with Crippen molar-refractivity contribution in [2.24, 2.45) is 0 Å². The summed E-state index contributed by atoms with van der Waals surface area (Å²) < 4.78 is 4.88. The highest BCUT2D eigenvalue weighted by Gasteiger charge is 1.99. The van der Waals surface area contributed by atoms with Crippen molar-refractivity contribution >= 4 is 0 Å². The zero-order valence-corrected chi connectivity index (χ0v) is 37.9. The molecule has 0 N–H and O–H groups in total. The molecule has 5 heterocycles. The molecule has 0 amide bonds. The molecule has 5 aromatic rings. The van der Waals surface area contributed by atoms with Crippen molar-refractivity contribution < 1.29 is 4.42 Å². The smallest absolute Gasteiger partial charge is 0.134 e. The van der Waals surface area contributed by atoms with Crippen LogP contribution in [0.3, 0.4) is 0 Å². The largest absolute Gasteiger partial charge is 0.472 e. The highest BCUT2D eigenvalue weighted by molar-refractivity contribution is 5.09. The molecule has 10 heteroatoms. The first kappa shape index (κ1) is 58.8. The van der Waals surface area contributed by atoms with E-state index < -0.39 is 0 Å². The van der Waals surface area contributed by atoms with Crippen LogP contribution in [0.2, 0.25) is 0 Å². The lowest BCUT2D eigenvalue weighted by molar-refractivity contribution is 0.562. The van der Waals surface area contributed by atoms with Crippen molar-refractivity contribution in [3.8, 4) is 0 Å². The fourth-order valence-corrected chi connectivity index (χ4v) is 3.01. The molecule has 54 heavy (non-hydrogen) atoms. The molecule has 0 saturated heterocycles.